The van der Waals surface area contributed by atoms with Gasteiger partial charge in [-0.2, -0.15) is 16.9 Å². The number of nitrogens with zero attached hydrogens (tertiary/aromatic N) is 2. The van der Waals surface area contributed by atoms with Crippen molar-refractivity contribution in [2.75, 3.05) is 5.75 Å². The van der Waals surface area contributed by atoms with Crippen LogP contribution in [0.5, 0.6) is 0 Å². The third-order valence-corrected chi connectivity index (χ3v) is 4.24. The zero-order chi connectivity index (χ0) is 14.4. The molecule has 1 aromatic heterocycles. The SMILES string of the molecule is CCC(=O)c1c(CC)nn(CCSC(C)C)c1CC. The highest BCUT2D eigenvalue weighted by Gasteiger charge is 2.20. The molecule has 0 aromatic carbocycles. The Labute approximate surface area is 121 Å². The van der Waals surface area contributed by atoms with Crippen molar-refractivity contribution in [1.82, 2.24) is 9.78 Å². The molecule has 1 rings (SSSR count). The predicted molar refractivity (Wildman–Crippen MR) is 83.2 cm³/mol. The van der Waals surface area contributed by atoms with Gasteiger partial charge in [0.15, 0.2) is 5.78 Å². The first-order valence-corrected chi connectivity index (χ1v) is 8.33. The van der Waals surface area contributed by atoms with E-state index in [2.05, 4.69) is 37.5 Å². The van der Waals surface area contributed by atoms with Gasteiger partial charge in [0.1, 0.15) is 0 Å². The molecule has 19 heavy (non-hydrogen) atoms. The molecule has 0 spiro atoms. The van der Waals surface area contributed by atoms with E-state index in [0.717, 1.165) is 42.1 Å². The van der Waals surface area contributed by atoms with E-state index in [4.69, 9.17) is 0 Å². The summed E-state index contributed by atoms with van der Waals surface area (Å²) >= 11 is 1.94. The van der Waals surface area contributed by atoms with Gasteiger partial charge in [-0.1, -0.05) is 34.6 Å². The lowest BCUT2D eigenvalue weighted by Gasteiger charge is -2.08. The molecular formula is C15H26N2OS. The van der Waals surface area contributed by atoms with Gasteiger partial charge in [-0.3, -0.25) is 9.48 Å². The van der Waals surface area contributed by atoms with Crippen molar-refractivity contribution >= 4 is 17.5 Å². The highest BCUT2D eigenvalue weighted by atomic mass is 32.2. The van der Waals surface area contributed by atoms with Crippen molar-refractivity contribution in [3.05, 3.63) is 17.0 Å². The predicted octanol–water partition coefficient (Wildman–Crippen LogP) is 3.74. The Morgan fingerprint density at radius 1 is 1.26 bits per heavy atom. The molecule has 3 nitrogen and oxygen atoms in total. The molecule has 0 aliphatic rings. The number of carbonyl (C=O) groups is 1. The van der Waals surface area contributed by atoms with Crippen molar-refractivity contribution in [3.63, 3.8) is 0 Å². The number of carbonyl (C=O) groups excluding carboxylic acids is 1. The summed E-state index contributed by atoms with van der Waals surface area (Å²) in [6.45, 7) is 11.4. The molecule has 108 valence electrons. The summed E-state index contributed by atoms with van der Waals surface area (Å²) in [5.74, 6) is 1.28. The number of rotatable bonds is 8. The van der Waals surface area contributed by atoms with E-state index in [1.807, 2.05) is 18.7 Å². The lowest BCUT2D eigenvalue weighted by atomic mass is 10.0. The minimum absolute atomic E-state index is 0.233. The molecule has 0 atom stereocenters. The van der Waals surface area contributed by atoms with Crippen LogP contribution in [-0.2, 0) is 19.4 Å². The molecule has 0 amide bonds. The van der Waals surface area contributed by atoms with Crippen molar-refractivity contribution in [2.24, 2.45) is 0 Å². The number of thioether (sulfide) groups is 1. The topological polar surface area (TPSA) is 34.9 Å². The van der Waals surface area contributed by atoms with Crippen LogP contribution in [0.2, 0.25) is 0 Å². The summed E-state index contributed by atoms with van der Waals surface area (Å²) in [5, 5.41) is 5.29. The quantitative estimate of drug-likeness (QED) is 0.681. The Balaban J connectivity index is 2.98. The number of Topliss-reactive ketones (excluding diaryl/α,β-unsaturated/α-hetero) is 1. The smallest absolute Gasteiger partial charge is 0.166 e. The molecule has 1 heterocycles. The minimum atomic E-state index is 0.233. The summed E-state index contributed by atoms with van der Waals surface area (Å²) < 4.78 is 2.05. The van der Waals surface area contributed by atoms with Gasteiger partial charge in [-0.25, -0.2) is 0 Å². The van der Waals surface area contributed by atoms with Gasteiger partial charge in [0.05, 0.1) is 17.8 Å². The molecule has 0 saturated carbocycles. The average Bonchev–Trinajstić information content (AvgIpc) is 2.75. The molecule has 0 aliphatic heterocycles. The maximum absolute atomic E-state index is 12.1. The average molecular weight is 282 g/mol. The zero-order valence-electron chi connectivity index (χ0n) is 12.8. The zero-order valence-corrected chi connectivity index (χ0v) is 13.6. The third kappa shape index (κ3) is 4.10. The fourth-order valence-electron chi connectivity index (χ4n) is 2.22. The fraction of sp³-hybridized carbons (Fsp3) is 0.733. The van der Waals surface area contributed by atoms with Gasteiger partial charge in [0.25, 0.3) is 0 Å². The van der Waals surface area contributed by atoms with E-state index in [-0.39, 0.29) is 5.78 Å². The molecule has 0 bridgehead atoms. The normalized spacial score (nSPS) is 11.3. The van der Waals surface area contributed by atoms with E-state index in [1.54, 1.807) is 0 Å². The second-order valence-electron chi connectivity index (χ2n) is 4.89. The van der Waals surface area contributed by atoms with E-state index in [0.29, 0.717) is 11.7 Å². The molecular weight excluding hydrogens is 256 g/mol. The van der Waals surface area contributed by atoms with Crippen LogP contribution in [0.4, 0.5) is 0 Å². The van der Waals surface area contributed by atoms with Crippen molar-refractivity contribution < 1.29 is 4.79 Å². The van der Waals surface area contributed by atoms with Crippen molar-refractivity contribution in [2.45, 2.75) is 65.7 Å². The highest BCUT2D eigenvalue weighted by molar-refractivity contribution is 7.99. The standard InChI is InChI=1S/C15H26N2OS/c1-6-12-15(14(18)8-3)13(7-2)17(16-12)9-10-19-11(4)5/h11H,6-10H2,1-5H3. The number of hydrogen-bond donors (Lipinski definition) is 0. The number of hydrogen-bond acceptors (Lipinski definition) is 3. The van der Waals surface area contributed by atoms with E-state index < -0.39 is 0 Å². The van der Waals surface area contributed by atoms with E-state index >= 15 is 0 Å². The van der Waals surface area contributed by atoms with Crippen LogP contribution in [0.15, 0.2) is 0 Å². The van der Waals surface area contributed by atoms with Gasteiger partial charge >= 0.3 is 0 Å². The Hall–Kier alpha value is -0.770. The lowest BCUT2D eigenvalue weighted by Crippen LogP contribution is -2.09. The van der Waals surface area contributed by atoms with Gasteiger partial charge in [-0.05, 0) is 18.1 Å². The van der Waals surface area contributed by atoms with Crippen LogP contribution in [0.1, 0.15) is 62.8 Å². The number of ketones is 1. The van der Waals surface area contributed by atoms with Gasteiger partial charge in [-0.15, -0.1) is 0 Å². The Bertz CT molecular complexity index is 424. The largest absolute Gasteiger partial charge is 0.294 e. The van der Waals surface area contributed by atoms with E-state index in [1.165, 1.54) is 0 Å². The van der Waals surface area contributed by atoms with Crippen molar-refractivity contribution in [3.8, 4) is 0 Å². The van der Waals surface area contributed by atoms with Gasteiger partial charge < -0.3 is 0 Å². The summed E-state index contributed by atoms with van der Waals surface area (Å²) in [6, 6.07) is 0. The molecule has 1 aromatic rings. The monoisotopic (exact) mass is 282 g/mol. The molecule has 0 unspecified atom stereocenters. The van der Waals surface area contributed by atoms with Crippen LogP contribution in [0.3, 0.4) is 0 Å². The highest BCUT2D eigenvalue weighted by Crippen LogP contribution is 2.19. The molecule has 0 fully saturated rings. The van der Waals surface area contributed by atoms with Crippen LogP contribution in [0.25, 0.3) is 0 Å². The maximum Gasteiger partial charge on any atom is 0.166 e. The van der Waals surface area contributed by atoms with Crippen molar-refractivity contribution in [1.29, 1.82) is 0 Å². The first kappa shape index (κ1) is 16.3. The summed E-state index contributed by atoms with van der Waals surface area (Å²) in [5.41, 5.74) is 2.98. The summed E-state index contributed by atoms with van der Waals surface area (Å²) in [7, 11) is 0. The van der Waals surface area contributed by atoms with Gasteiger partial charge in [0.2, 0.25) is 0 Å². The van der Waals surface area contributed by atoms with Crippen LogP contribution >= 0.6 is 11.8 Å². The Morgan fingerprint density at radius 2 is 1.95 bits per heavy atom. The first-order valence-electron chi connectivity index (χ1n) is 7.28. The fourth-order valence-corrected chi connectivity index (χ4v) is 2.97. The molecule has 0 aliphatic carbocycles. The van der Waals surface area contributed by atoms with Gasteiger partial charge in [0, 0.05) is 17.9 Å². The third-order valence-electron chi connectivity index (χ3n) is 3.15. The minimum Gasteiger partial charge on any atom is -0.294 e. The summed E-state index contributed by atoms with van der Waals surface area (Å²) in [6.07, 6.45) is 2.27. The molecule has 0 N–H and O–H groups in total. The lowest BCUT2D eigenvalue weighted by molar-refractivity contribution is 0.0986. The maximum atomic E-state index is 12.1. The molecule has 0 radical (unpaired) electrons. The molecule has 0 saturated heterocycles. The number of aromatic nitrogens is 2. The second kappa shape index (κ2) is 7.73. The van der Waals surface area contributed by atoms with E-state index in [9.17, 15) is 4.79 Å². The number of aryl methyl sites for hydroxylation is 2. The van der Waals surface area contributed by atoms with Crippen LogP contribution in [-0.4, -0.2) is 26.6 Å². The Kier molecular flexibility index (Phi) is 6.63. The van der Waals surface area contributed by atoms with Crippen LogP contribution in [0, 0.1) is 0 Å². The summed E-state index contributed by atoms with van der Waals surface area (Å²) in [4.78, 5) is 12.1. The first-order chi connectivity index (χ1) is 9.04. The second-order valence-corrected chi connectivity index (χ2v) is 6.58. The molecule has 4 heteroatoms. The van der Waals surface area contributed by atoms with Crippen LogP contribution < -0.4 is 0 Å². The Morgan fingerprint density at radius 3 is 2.42 bits per heavy atom.